The number of carbonyl (C=O) groups is 2. The highest BCUT2D eigenvalue weighted by Gasteiger charge is 2.30. The Bertz CT molecular complexity index is 629. The number of nitrogens with zero attached hydrogens (tertiary/aromatic N) is 2. The van der Waals surface area contributed by atoms with Gasteiger partial charge in [0.15, 0.2) is 5.78 Å². The number of anilines is 1. The maximum atomic E-state index is 11.9. The molecule has 0 N–H and O–H groups in total. The topological polar surface area (TPSA) is 89.8 Å². The number of Topliss-reactive ketones (excluding diaryl/α,β-unsaturated/α-hetero) is 1. The Morgan fingerprint density at radius 2 is 2.17 bits per heavy atom. The molecular weight excluding hydrogens is 300 g/mol. The first-order valence-corrected chi connectivity index (χ1v) is 7.65. The number of esters is 1. The van der Waals surface area contributed by atoms with E-state index in [0.717, 1.165) is 6.42 Å². The van der Waals surface area contributed by atoms with E-state index >= 15 is 0 Å². The van der Waals surface area contributed by atoms with Crippen LogP contribution in [0.3, 0.4) is 0 Å². The van der Waals surface area contributed by atoms with Crippen molar-refractivity contribution in [3.8, 4) is 0 Å². The number of piperidine rings is 1. The minimum atomic E-state index is -0.490. The highest BCUT2D eigenvalue weighted by molar-refractivity contribution is 5.95. The molecule has 0 aromatic heterocycles. The molecule has 1 aliphatic rings. The zero-order valence-corrected chi connectivity index (χ0v) is 13.3. The molecule has 1 saturated heterocycles. The zero-order chi connectivity index (χ0) is 17.0. The van der Waals surface area contributed by atoms with E-state index in [1.165, 1.54) is 13.0 Å². The summed E-state index contributed by atoms with van der Waals surface area (Å²) in [6, 6.07) is 4.46. The molecule has 23 heavy (non-hydrogen) atoms. The molecule has 1 aromatic rings. The Labute approximate surface area is 134 Å². The van der Waals surface area contributed by atoms with E-state index in [1.807, 2.05) is 4.90 Å². The lowest BCUT2D eigenvalue weighted by Gasteiger charge is -2.32. The molecule has 7 heteroatoms. The fourth-order valence-electron chi connectivity index (χ4n) is 2.80. The van der Waals surface area contributed by atoms with E-state index in [0.29, 0.717) is 37.4 Å². The van der Waals surface area contributed by atoms with Crippen LogP contribution in [0.5, 0.6) is 0 Å². The normalized spacial score (nSPS) is 17.7. The molecule has 1 atom stereocenters. The van der Waals surface area contributed by atoms with Crippen LogP contribution in [0.2, 0.25) is 0 Å². The van der Waals surface area contributed by atoms with Gasteiger partial charge in [-0.25, -0.2) is 0 Å². The highest BCUT2D eigenvalue weighted by Crippen LogP contribution is 2.32. The Morgan fingerprint density at radius 3 is 2.78 bits per heavy atom. The van der Waals surface area contributed by atoms with Crippen molar-refractivity contribution in [3.05, 3.63) is 33.9 Å². The number of ketones is 1. The molecular formula is C16H20N2O5. The van der Waals surface area contributed by atoms with Crippen molar-refractivity contribution in [3.63, 3.8) is 0 Å². The van der Waals surface area contributed by atoms with E-state index in [9.17, 15) is 19.7 Å². The second-order valence-electron chi connectivity index (χ2n) is 5.55. The number of nitro benzene ring substituents is 1. The van der Waals surface area contributed by atoms with E-state index in [4.69, 9.17) is 4.74 Å². The third-order valence-corrected chi connectivity index (χ3v) is 3.96. The van der Waals surface area contributed by atoms with Crippen LogP contribution in [-0.4, -0.2) is 36.4 Å². The van der Waals surface area contributed by atoms with Crippen LogP contribution in [-0.2, 0) is 9.53 Å². The van der Waals surface area contributed by atoms with Gasteiger partial charge in [0.25, 0.3) is 5.69 Å². The smallest absolute Gasteiger partial charge is 0.310 e. The Kier molecular flexibility index (Phi) is 5.31. The van der Waals surface area contributed by atoms with E-state index in [2.05, 4.69) is 0 Å². The summed E-state index contributed by atoms with van der Waals surface area (Å²) in [4.78, 5) is 36.0. The van der Waals surface area contributed by atoms with Crippen molar-refractivity contribution < 1.29 is 19.2 Å². The molecule has 0 radical (unpaired) electrons. The Morgan fingerprint density at radius 1 is 1.43 bits per heavy atom. The number of rotatable bonds is 5. The second-order valence-corrected chi connectivity index (χ2v) is 5.55. The van der Waals surface area contributed by atoms with Crippen LogP contribution in [0.25, 0.3) is 0 Å². The summed E-state index contributed by atoms with van der Waals surface area (Å²) < 4.78 is 5.05. The largest absolute Gasteiger partial charge is 0.466 e. The molecule has 1 aromatic carbocycles. The van der Waals surface area contributed by atoms with Crippen LogP contribution >= 0.6 is 0 Å². The van der Waals surface area contributed by atoms with Gasteiger partial charge in [-0.05, 0) is 38.8 Å². The molecule has 0 aliphatic carbocycles. The lowest BCUT2D eigenvalue weighted by atomic mass is 9.97. The van der Waals surface area contributed by atoms with Crippen molar-refractivity contribution in [1.82, 2.24) is 0 Å². The van der Waals surface area contributed by atoms with Gasteiger partial charge in [-0.15, -0.1) is 0 Å². The van der Waals surface area contributed by atoms with Gasteiger partial charge in [0, 0.05) is 24.7 Å². The van der Waals surface area contributed by atoms with Crippen LogP contribution in [0.4, 0.5) is 11.4 Å². The van der Waals surface area contributed by atoms with E-state index in [-0.39, 0.29) is 23.4 Å². The number of hydrogen-bond donors (Lipinski definition) is 0. The molecule has 1 aliphatic heterocycles. The highest BCUT2D eigenvalue weighted by atomic mass is 16.6. The van der Waals surface area contributed by atoms with Gasteiger partial charge < -0.3 is 9.64 Å². The molecule has 0 bridgehead atoms. The average molecular weight is 320 g/mol. The Hall–Kier alpha value is -2.44. The summed E-state index contributed by atoms with van der Waals surface area (Å²) in [6.07, 6.45) is 1.48. The first-order valence-electron chi connectivity index (χ1n) is 7.65. The van der Waals surface area contributed by atoms with Crippen molar-refractivity contribution >= 4 is 23.1 Å². The molecule has 0 unspecified atom stereocenters. The molecule has 0 spiro atoms. The quantitative estimate of drug-likeness (QED) is 0.358. The van der Waals surface area contributed by atoms with Gasteiger partial charge in [-0.3, -0.25) is 19.7 Å². The van der Waals surface area contributed by atoms with Crippen molar-refractivity contribution in [2.75, 3.05) is 24.6 Å². The lowest BCUT2D eigenvalue weighted by Crippen LogP contribution is -2.39. The summed E-state index contributed by atoms with van der Waals surface area (Å²) in [6.45, 7) is 4.47. The van der Waals surface area contributed by atoms with Crippen molar-refractivity contribution in [2.45, 2.75) is 26.7 Å². The Balaban J connectivity index is 2.28. The second kappa shape index (κ2) is 7.21. The summed E-state index contributed by atoms with van der Waals surface area (Å²) >= 11 is 0. The van der Waals surface area contributed by atoms with E-state index in [1.54, 1.807) is 19.1 Å². The standard InChI is InChI=1S/C16H20N2O5/c1-3-23-16(20)13-5-4-8-17(10-13)14-7-6-12(11(2)19)9-15(14)18(21)22/h6-7,9,13H,3-5,8,10H2,1-2H3/t13-/m0/s1. The summed E-state index contributed by atoms with van der Waals surface area (Å²) in [5, 5.41) is 11.3. The van der Waals surface area contributed by atoms with Gasteiger partial charge in [0.2, 0.25) is 0 Å². The first-order chi connectivity index (χ1) is 10.9. The molecule has 1 heterocycles. The van der Waals surface area contributed by atoms with Gasteiger partial charge >= 0.3 is 5.97 Å². The minimum Gasteiger partial charge on any atom is -0.466 e. The summed E-state index contributed by atoms with van der Waals surface area (Å²) in [5.74, 6) is -0.765. The molecule has 1 fully saturated rings. The van der Waals surface area contributed by atoms with Gasteiger partial charge in [-0.1, -0.05) is 0 Å². The van der Waals surface area contributed by atoms with Crippen LogP contribution in [0.15, 0.2) is 18.2 Å². The van der Waals surface area contributed by atoms with Crippen LogP contribution in [0.1, 0.15) is 37.0 Å². The lowest BCUT2D eigenvalue weighted by molar-refractivity contribution is -0.384. The minimum absolute atomic E-state index is 0.109. The number of benzene rings is 1. The van der Waals surface area contributed by atoms with Gasteiger partial charge in [0.05, 0.1) is 17.4 Å². The fraction of sp³-hybridized carbons (Fsp3) is 0.500. The van der Waals surface area contributed by atoms with Crippen LogP contribution in [0, 0.1) is 16.0 Å². The number of ether oxygens (including phenoxy) is 1. The zero-order valence-electron chi connectivity index (χ0n) is 13.3. The predicted molar refractivity (Wildman–Crippen MR) is 84.7 cm³/mol. The maximum Gasteiger partial charge on any atom is 0.310 e. The molecule has 0 amide bonds. The molecule has 7 nitrogen and oxygen atoms in total. The van der Waals surface area contributed by atoms with Crippen molar-refractivity contribution in [1.29, 1.82) is 0 Å². The predicted octanol–water partition coefficient (Wildman–Crippen LogP) is 2.58. The molecule has 2 rings (SSSR count). The number of nitro groups is 1. The summed E-state index contributed by atoms with van der Waals surface area (Å²) in [5.41, 5.74) is 0.635. The van der Waals surface area contributed by atoms with Crippen LogP contribution < -0.4 is 4.90 Å². The van der Waals surface area contributed by atoms with Gasteiger partial charge in [0.1, 0.15) is 5.69 Å². The van der Waals surface area contributed by atoms with Crippen molar-refractivity contribution in [2.24, 2.45) is 5.92 Å². The third kappa shape index (κ3) is 3.85. The van der Waals surface area contributed by atoms with E-state index < -0.39 is 4.92 Å². The maximum absolute atomic E-state index is 11.9. The molecule has 124 valence electrons. The number of carbonyl (C=O) groups excluding carboxylic acids is 2. The monoisotopic (exact) mass is 320 g/mol. The third-order valence-electron chi connectivity index (χ3n) is 3.96. The molecule has 0 saturated carbocycles. The summed E-state index contributed by atoms with van der Waals surface area (Å²) in [7, 11) is 0. The number of hydrogen-bond acceptors (Lipinski definition) is 6. The fourth-order valence-corrected chi connectivity index (χ4v) is 2.80. The van der Waals surface area contributed by atoms with Gasteiger partial charge in [-0.2, -0.15) is 0 Å². The first kappa shape index (κ1) is 16.9. The average Bonchev–Trinajstić information content (AvgIpc) is 2.54. The SMILES string of the molecule is CCOC(=O)[C@H]1CCCN(c2ccc(C(C)=O)cc2[N+](=O)[O-])C1.